The summed E-state index contributed by atoms with van der Waals surface area (Å²) < 4.78 is 38.6. The monoisotopic (exact) mass is 419 g/mol. The fourth-order valence-corrected chi connectivity index (χ4v) is 4.42. The third kappa shape index (κ3) is 3.90. The van der Waals surface area contributed by atoms with Gasteiger partial charge in [0.2, 0.25) is 16.8 Å². The first-order valence-corrected chi connectivity index (χ1v) is 10.5. The quantitative estimate of drug-likeness (QED) is 0.572. The van der Waals surface area contributed by atoms with Crippen molar-refractivity contribution in [2.24, 2.45) is 0 Å². The van der Waals surface area contributed by atoms with Crippen molar-refractivity contribution >= 4 is 32.5 Å². The van der Waals surface area contributed by atoms with Gasteiger partial charge in [0, 0.05) is 31.2 Å². The van der Waals surface area contributed by atoms with Gasteiger partial charge in [-0.05, 0) is 42.0 Å². The average molecular weight is 420 g/mol. The highest BCUT2D eigenvalue weighted by atomic mass is 35.5. The second-order valence-corrected chi connectivity index (χ2v) is 8.35. The van der Waals surface area contributed by atoms with Crippen LogP contribution in [-0.2, 0) is 16.6 Å². The Hall–Kier alpha value is -2.39. The van der Waals surface area contributed by atoms with Gasteiger partial charge in [-0.15, -0.1) is 0 Å². The first-order valence-electron chi connectivity index (χ1n) is 8.67. The summed E-state index contributed by atoms with van der Waals surface area (Å²) in [4.78, 5) is 4.33. The van der Waals surface area contributed by atoms with Gasteiger partial charge in [0.1, 0.15) is 0 Å². The van der Waals surface area contributed by atoms with Gasteiger partial charge in [0.25, 0.3) is 0 Å². The molecule has 0 radical (unpaired) electrons. The summed E-state index contributed by atoms with van der Waals surface area (Å²) >= 11 is 6.11. The number of hydrogen-bond acceptors (Lipinski definition) is 6. The van der Waals surface area contributed by atoms with Crippen molar-refractivity contribution in [3.63, 3.8) is 0 Å². The lowest BCUT2D eigenvalue weighted by molar-refractivity contribution is 0.174. The summed E-state index contributed by atoms with van der Waals surface area (Å²) in [5.41, 5.74) is 1.50. The van der Waals surface area contributed by atoms with Crippen molar-refractivity contribution < 1.29 is 17.9 Å². The highest BCUT2D eigenvalue weighted by Gasteiger charge is 2.18. The summed E-state index contributed by atoms with van der Waals surface area (Å²) in [5.74, 6) is 1.46. The van der Waals surface area contributed by atoms with Gasteiger partial charge < -0.3 is 14.8 Å². The first-order chi connectivity index (χ1) is 13.5. The maximum atomic E-state index is 12.7. The van der Waals surface area contributed by atoms with E-state index in [1.807, 2.05) is 18.2 Å². The van der Waals surface area contributed by atoms with Crippen molar-refractivity contribution in [1.82, 2.24) is 15.0 Å². The van der Waals surface area contributed by atoms with E-state index in [1.165, 1.54) is 6.07 Å². The minimum absolute atomic E-state index is 0.163. The van der Waals surface area contributed by atoms with Gasteiger partial charge >= 0.3 is 0 Å². The van der Waals surface area contributed by atoms with Crippen LogP contribution >= 0.6 is 11.6 Å². The molecule has 7 nitrogen and oxygen atoms in total. The molecule has 0 unspecified atom stereocenters. The molecule has 0 saturated carbocycles. The number of fused-ring (bicyclic) bond motifs is 2. The molecule has 9 heteroatoms. The molecule has 4 rings (SSSR count). The minimum Gasteiger partial charge on any atom is -0.454 e. The number of rotatable bonds is 7. The van der Waals surface area contributed by atoms with Gasteiger partial charge in [-0.2, -0.15) is 0 Å². The van der Waals surface area contributed by atoms with E-state index in [2.05, 4.69) is 15.0 Å². The lowest BCUT2D eigenvalue weighted by Gasteiger charge is -2.11. The molecule has 28 heavy (non-hydrogen) atoms. The molecule has 3 aromatic rings. The van der Waals surface area contributed by atoms with Crippen LogP contribution in [0, 0.1) is 0 Å². The maximum absolute atomic E-state index is 12.7. The summed E-state index contributed by atoms with van der Waals surface area (Å²) in [7, 11) is -3.68. The maximum Gasteiger partial charge on any atom is 0.241 e. The van der Waals surface area contributed by atoms with Crippen LogP contribution in [-0.4, -0.2) is 33.3 Å². The molecule has 0 aliphatic carbocycles. The van der Waals surface area contributed by atoms with Crippen molar-refractivity contribution in [2.75, 3.05) is 19.9 Å². The van der Waals surface area contributed by atoms with Crippen molar-refractivity contribution in [3.05, 3.63) is 59.2 Å². The third-order valence-electron chi connectivity index (χ3n) is 4.33. The van der Waals surface area contributed by atoms with Crippen molar-refractivity contribution in [1.29, 1.82) is 0 Å². The molecule has 2 aromatic carbocycles. The van der Waals surface area contributed by atoms with Crippen LogP contribution in [0.3, 0.4) is 0 Å². The Balaban J connectivity index is 1.35. The van der Waals surface area contributed by atoms with E-state index in [9.17, 15) is 8.42 Å². The van der Waals surface area contributed by atoms with Gasteiger partial charge in [-0.1, -0.05) is 17.7 Å². The zero-order valence-electron chi connectivity index (χ0n) is 14.8. The number of nitrogens with zero attached hydrogens (tertiary/aromatic N) is 1. The largest absolute Gasteiger partial charge is 0.454 e. The SMILES string of the molecule is O=S(=O)(NCCNCc1ccc2c(c1)OCO2)c1ccc(Cl)c2ncccc12. The number of halogens is 1. The number of aromatic nitrogens is 1. The van der Waals surface area contributed by atoms with E-state index in [0.29, 0.717) is 29.0 Å². The lowest BCUT2D eigenvalue weighted by atomic mass is 10.2. The molecule has 1 aliphatic heterocycles. The molecule has 0 spiro atoms. The molecule has 146 valence electrons. The number of nitrogens with one attached hydrogen (secondary N) is 2. The zero-order chi connectivity index (χ0) is 19.6. The van der Waals surface area contributed by atoms with Crippen LogP contribution < -0.4 is 19.5 Å². The summed E-state index contributed by atoms with van der Waals surface area (Å²) in [6.07, 6.45) is 1.58. The predicted octanol–water partition coefficient (Wildman–Crippen LogP) is 2.69. The minimum atomic E-state index is -3.68. The van der Waals surface area contributed by atoms with E-state index >= 15 is 0 Å². The fraction of sp³-hybridized carbons (Fsp3) is 0.211. The van der Waals surface area contributed by atoms with Crippen LogP contribution in [0.15, 0.2) is 53.6 Å². The summed E-state index contributed by atoms with van der Waals surface area (Å²) in [6.45, 7) is 1.55. The Kier molecular flexibility index (Phi) is 5.36. The lowest BCUT2D eigenvalue weighted by Crippen LogP contribution is -2.31. The average Bonchev–Trinajstić information content (AvgIpc) is 3.16. The highest BCUT2D eigenvalue weighted by molar-refractivity contribution is 7.89. The number of pyridine rings is 1. The van der Waals surface area contributed by atoms with Crippen LogP contribution in [0.1, 0.15) is 5.56 Å². The molecule has 0 saturated heterocycles. The van der Waals surface area contributed by atoms with Gasteiger partial charge in [0.05, 0.1) is 15.4 Å². The number of ether oxygens (including phenoxy) is 2. The van der Waals surface area contributed by atoms with Crippen LogP contribution in [0.25, 0.3) is 10.9 Å². The van der Waals surface area contributed by atoms with Gasteiger partial charge in [-0.25, -0.2) is 13.1 Å². The fourth-order valence-electron chi connectivity index (χ4n) is 2.98. The summed E-state index contributed by atoms with van der Waals surface area (Å²) in [5, 5.41) is 4.12. The molecule has 2 heterocycles. The molecule has 1 aromatic heterocycles. The van der Waals surface area contributed by atoms with Crippen molar-refractivity contribution in [2.45, 2.75) is 11.4 Å². The third-order valence-corrected chi connectivity index (χ3v) is 6.15. The topological polar surface area (TPSA) is 89.6 Å². The van der Waals surface area contributed by atoms with Crippen LogP contribution in [0.5, 0.6) is 11.5 Å². The molecule has 0 atom stereocenters. The number of sulfonamides is 1. The Morgan fingerprint density at radius 2 is 1.93 bits per heavy atom. The molecule has 2 N–H and O–H groups in total. The Labute approximate surface area is 167 Å². The molecular formula is C19H18ClN3O4S. The van der Waals surface area contributed by atoms with E-state index < -0.39 is 10.0 Å². The first kappa shape index (κ1) is 18.9. The summed E-state index contributed by atoms with van der Waals surface area (Å²) in [6, 6.07) is 12.1. The highest BCUT2D eigenvalue weighted by Crippen LogP contribution is 2.32. The molecule has 0 amide bonds. The van der Waals surface area contributed by atoms with E-state index in [-0.39, 0.29) is 18.2 Å². The van der Waals surface area contributed by atoms with Crippen molar-refractivity contribution in [3.8, 4) is 11.5 Å². The molecular weight excluding hydrogens is 402 g/mol. The molecule has 0 bridgehead atoms. The van der Waals surface area contributed by atoms with E-state index in [1.54, 1.807) is 24.4 Å². The zero-order valence-corrected chi connectivity index (χ0v) is 16.4. The molecule has 1 aliphatic rings. The Bertz CT molecular complexity index is 1120. The second kappa shape index (κ2) is 7.92. The number of hydrogen-bond donors (Lipinski definition) is 2. The smallest absolute Gasteiger partial charge is 0.241 e. The molecule has 0 fully saturated rings. The van der Waals surface area contributed by atoms with Crippen LogP contribution in [0.2, 0.25) is 5.02 Å². The van der Waals surface area contributed by atoms with E-state index in [4.69, 9.17) is 21.1 Å². The second-order valence-electron chi connectivity index (χ2n) is 6.21. The van der Waals surface area contributed by atoms with E-state index in [0.717, 1.165) is 17.1 Å². The normalized spacial score (nSPS) is 13.2. The Morgan fingerprint density at radius 1 is 1.07 bits per heavy atom. The van der Waals surface area contributed by atoms with Gasteiger partial charge in [0.15, 0.2) is 11.5 Å². The number of benzene rings is 2. The standard InChI is InChI=1S/C19H18ClN3O4S/c20-15-4-6-18(14-2-1-7-22-19(14)15)28(24,25)23-9-8-21-11-13-3-5-16-17(10-13)27-12-26-16/h1-7,10,21,23H,8-9,11-12H2. The van der Waals surface area contributed by atoms with Crippen LogP contribution in [0.4, 0.5) is 0 Å². The van der Waals surface area contributed by atoms with Gasteiger partial charge in [-0.3, -0.25) is 4.98 Å². The Morgan fingerprint density at radius 3 is 2.82 bits per heavy atom. The predicted molar refractivity (Wildman–Crippen MR) is 106 cm³/mol.